The number of carbonyl (C=O) groups is 1. The molecule has 6 rings (SSSR count). The number of hydrogen-bond acceptors (Lipinski definition) is 7. The number of aromatic nitrogens is 4. The number of aromatic amines is 1. The highest BCUT2D eigenvalue weighted by Gasteiger charge is 2.18. The van der Waals surface area contributed by atoms with Crippen molar-refractivity contribution in [2.45, 2.75) is 19.3 Å². The number of nitrogens with zero attached hydrogens (tertiary/aromatic N) is 6. The molecule has 3 aromatic heterocycles. The van der Waals surface area contributed by atoms with Crippen molar-refractivity contribution in [2.24, 2.45) is 0 Å². The van der Waals surface area contributed by atoms with E-state index in [1.165, 1.54) is 12.8 Å². The number of likely N-dealkylation sites (N-methyl/N-ethyl adjacent to an activating group) is 1. The fraction of sp³-hybridized carbons (Fsp3) is 0.357. The van der Waals surface area contributed by atoms with E-state index >= 15 is 0 Å². The van der Waals surface area contributed by atoms with Gasteiger partial charge in [0.1, 0.15) is 5.82 Å². The van der Waals surface area contributed by atoms with E-state index in [0.717, 1.165) is 79.2 Å². The predicted molar refractivity (Wildman–Crippen MR) is 147 cm³/mol. The van der Waals surface area contributed by atoms with Crippen molar-refractivity contribution in [1.82, 2.24) is 25.1 Å². The lowest BCUT2D eigenvalue weighted by atomic mass is 10.0. The van der Waals surface area contributed by atoms with Gasteiger partial charge in [0.25, 0.3) is 5.91 Å². The van der Waals surface area contributed by atoms with Crippen LogP contribution in [0.15, 0.2) is 55.0 Å². The van der Waals surface area contributed by atoms with Crippen LogP contribution in [0.3, 0.4) is 0 Å². The first-order valence-electron chi connectivity index (χ1n) is 13.0. The Labute approximate surface area is 216 Å². The van der Waals surface area contributed by atoms with Crippen molar-refractivity contribution < 1.29 is 4.79 Å². The van der Waals surface area contributed by atoms with Crippen LogP contribution < -0.4 is 15.1 Å². The molecule has 1 amide bonds. The lowest BCUT2D eigenvalue weighted by Crippen LogP contribution is -2.28. The number of benzene rings is 1. The Kier molecular flexibility index (Phi) is 6.44. The Hall–Kier alpha value is -3.98. The SMILES string of the molecule is CN1CCCN(c2cncc(-c3ccc4[nH]nc(C(=O)Nc5ccc(N6CCCC6)nc5)c4c3)c2)CC1. The fourth-order valence-electron chi connectivity index (χ4n) is 5.21. The zero-order valence-electron chi connectivity index (χ0n) is 21.2. The summed E-state index contributed by atoms with van der Waals surface area (Å²) in [5, 5.41) is 11.0. The molecule has 5 heterocycles. The number of rotatable bonds is 5. The number of nitrogens with one attached hydrogen (secondary N) is 2. The van der Waals surface area contributed by atoms with Crippen LogP contribution in [0.1, 0.15) is 29.8 Å². The summed E-state index contributed by atoms with van der Waals surface area (Å²) < 4.78 is 0. The number of hydrogen-bond donors (Lipinski definition) is 2. The van der Waals surface area contributed by atoms with Gasteiger partial charge in [-0.15, -0.1) is 0 Å². The van der Waals surface area contributed by atoms with Gasteiger partial charge in [0.15, 0.2) is 5.69 Å². The van der Waals surface area contributed by atoms with Crippen molar-refractivity contribution in [3.05, 3.63) is 60.7 Å². The Morgan fingerprint density at radius 1 is 0.865 bits per heavy atom. The molecule has 190 valence electrons. The first-order valence-corrected chi connectivity index (χ1v) is 13.0. The van der Waals surface area contributed by atoms with Gasteiger partial charge in [-0.2, -0.15) is 5.10 Å². The minimum atomic E-state index is -0.264. The van der Waals surface area contributed by atoms with E-state index < -0.39 is 0 Å². The molecule has 2 aliphatic heterocycles. The van der Waals surface area contributed by atoms with Crippen LogP contribution in [0.5, 0.6) is 0 Å². The normalized spacial score (nSPS) is 16.8. The average molecular weight is 497 g/mol. The predicted octanol–water partition coefficient (Wildman–Crippen LogP) is 4.01. The Bertz CT molecular complexity index is 1390. The van der Waals surface area contributed by atoms with Gasteiger partial charge in [0.2, 0.25) is 0 Å². The molecule has 0 saturated carbocycles. The number of pyridine rings is 2. The lowest BCUT2D eigenvalue weighted by molar-refractivity contribution is 0.102. The summed E-state index contributed by atoms with van der Waals surface area (Å²) in [6.45, 7) is 6.24. The summed E-state index contributed by atoms with van der Waals surface area (Å²) in [6, 6.07) is 12.1. The summed E-state index contributed by atoms with van der Waals surface area (Å²) in [5.41, 5.74) is 4.98. The molecular weight excluding hydrogens is 464 g/mol. The van der Waals surface area contributed by atoms with Crippen LogP contribution in [-0.2, 0) is 0 Å². The fourth-order valence-corrected chi connectivity index (χ4v) is 5.21. The molecule has 4 aromatic rings. The Morgan fingerprint density at radius 2 is 1.73 bits per heavy atom. The summed E-state index contributed by atoms with van der Waals surface area (Å²) in [5.74, 6) is 0.688. The van der Waals surface area contributed by atoms with Gasteiger partial charge < -0.3 is 20.0 Å². The van der Waals surface area contributed by atoms with Crippen LogP contribution in [0.2, 0.25) is 0 Å². The maximum atomic E-state index is 13.1. The molecule has 0 bridgehead atoms. The zero-order valence-corrected chi connectivity index (χ0v) is 21.2. The number of anilines is 3. The van der Waals surface area contributed by atoms with E-state index in [9.17, 15) is 4.79 Å². The second-order valence-corrected chi connectivity index (χ2v) is 9.96. The molecule has 0 unspecified atom stereocenters. The molecule has 2 aliphatic rings. The van der Waals surface area contributed by atoms with Crippen LogP contribution >= 0.6 is 0 Å². The van der Waals surface area contributed by atoms with E-state index in [2.05, 4.69) is 53.3 Å². The van der Waals surface area contributed by atoms with Crippen molar-refractivity contribution in [3.8, 4) is 11.1 Å². The van der Waals surface area contributed by atoms with E-state index in [1.807, 2.05) is 42.7 Å². The highest BCUT2D eigenvalue weighted by Crippen LogP contribution is 2.28. The smallest absolute Gasteiger partial charge is 0.276 e. The number of H-pyrrole nitrogens is 1. The van der Waals surface area contributed by atoms with Crippen molar-refractivity contribution in [1.29, 1.82) is 0 Å². The monoisotopic (exact) mass is 496 g/mol. The van der Waals surface area contributed by atoms with Gasteiger partial charge in [-0.05, 0) is 68.8 Å². The van der Waals surface area contributed by atoms with Crippen molar-refractivity contribution in [2.75, 3.05) is 61.4 Å². The van der Waals surface area contributed by atoms with Crippen molar-refractivity contribution >= 4 is 34.0 Å². The zero-order chi connectivity index (χ0) is 25.2. The maximum Gasteiger partial charge on any atom is 0.276 e. The van der Waals surface area contributed by atoms with E-state index in [0.29, 0.717) is 11.4 Å². The maximum absolute atomic E-state index is 13.1. The summed E-state index contributed by atoms with van der Waals surface area (Å²) >= 11 is 0. The molecule has 2 fully saturated rings. The molecule has 9 nitrogen and oxygen atoms in total. The lowest BCUT2D eigenvalue weighted by Gasteiger charge is -2.23. The van der Waals surface area contributed by atoms with Crippen LogP contribution in [0.25, 0.3) is 22.0 Å². The van der Waals surface area contributed by atoms with E-state index in [1.54, 1.807) is 6.20 Å². The molecule has 9 heteroatoms. The van der Waals surface area contributed by atoms with Crippen molar-refractivity contribution in [3.63, 3.8) is 0 Å². The molecule has 2 saturated heterocycles. The number of fused-ring (bicyclic) bond motifs is 1. The van der Waals surface area contributed by atoms with Crippen LogP contribution in [-0.4, -0.2) is 77.3 Å². The second-order valence-electron chi connectivity index (χ2n) is 9.96. The summed E-state index contributed by atoms with van der Waals surface area (Å²) in [7, 11) is 2.17. The van der Waals surface area contributed by atoms with Gasteiger partial charge in [-0.3, -0.25) is 14.9 Å². The van der Waals surface area contributed by atoms with Crippen LogP contribution in [0.4, 0.5) is 17.2 Å². The molecule has 37 heavy (non-hydrogen) atoms. The molecule has 0 aliphatic carbocycles. The standard InChI is InChI=1S/C28H32N8O/c1-34-9-4-12-35(14-13-34)23-15-21(17-29-19-23)20-5-7-25-24(16-20)27(33-32-25)28(37)31-22-6-8-26(30-18-22)36-10-2-3-11-36/h5-8,15-19H,2-4,9-14H2,1H3,(H,31,37)(H,32,33). The molecular formula is C28H32N8O. The van der Waals surface area contributed by atoms with E-state index in [-0.39, 0.29) is 5.91 Å². The molecule has 0 atom stereocenters. The first-order chi connectivity index (χ1) is 18.1. The highest BCUT2D eigenvalue weighted by atomic mass is 16.1. The topological polar surface area (TPSA) is 93.3 Å². The van der Waals surface area contributed by atoms with Gasteiger partial charge in [-0.1, -0.05) is 6.07 Å². The van der Waals surface area contributed by atoms with Gasteiger partial charge in [-0.25, -0.2) is 4.98 Å². The third kappa shape index (κ3) is 4.99. The molecule has 0 radical (unpaired) electrons. The van der Waals surface area contributed by atoms with Crippen LogP contribution in [0, 0.1) is 0 Å². The Balaban J connectivity index is 1.22. The Morgan fingerprint density at radius 3 is 2.57 bits per heavy atom. The molecule has 0 spiro atoms. The van der Waals surface area contributed by atoms with E-state index in [4.69, 9.17) is 0 Å². The third-order valence-corrected chi connectivity index (χ3v) is 7.36. The minimum Gasteiger partial charge on any atom is -0.369 e. The molecule has 2 N–H and O–H groups in total. The van der Waals surface area contributed by atoms with Gasteiger partial charge in [0, 0.05) is 49.9 Å². The number of amides is 1. The summed E-state index contributed by atoms with van der Waals surface area (Å²) in [6.07, 6.45) is 9.06. The third-order valence-electron chi connectivity index (χ3n) is 7.36. The number of carbonyl (C=O) groups excluding carboxylic acids is 1. The summed E-state index contributed by atoms with van der Waals surface area (Å²) in [4.78, 5) is 29.3. The first kappa shape index (κ1) is 23.4. The van der Waals surface area contributed by atoms with Gasteiger partial charge in [0.05, 0.1) is 29.3 Å². The average Bonchev–Trinajstić information content (AvgIpc) is 3.56. The molecule has 1 aromatic carbocycles. The van der Waals surface area contributed by atoms with Gasteiger partial charge >= 0.3 is 0 Å². The highest BCUT2D eigenvalue weighted by molar-refractivity contribution is 6.11. The largest absolute Gasteiger partial charge is 0.369 e. The quantitative estimate of drug-likeness (QED) is 0.431. The second kappa shape index (κ2) is 10.2. The minimum absolute atomic E-state index is 0.264.